The SMILES string of the molecule is CCS(=O)(=O)c1ccccc1C1C(C(=O)O)CCN1C(=O)[C@@H](c1cc(OC)c(OC)cc1F)N(N)c1ccc2cnccc2c1.O=C(O)C(F)(F)F. The van der Waals surface area contributed by atoms with Crippen LogP contribution in [-0.4, -0.2) is 79.1 Å². The minimum Gasteiger partial charge on any atom is -0.493 e. The monoisotopic (exact) mass is 750 g/mol. The van der Waals surface area contributed by atoms with Gasteiger partial charge in [-0.15, -0.1) is 0 Å². The molecule has 278 valence electrons. The molecule has 1 saturated heterocycles. The highest BCUT2D eigenvalue weighted by Crippen LogP contribution is 2.44. The Morgan fingerprint density at radius 3 is 2.25 bits per heavy atom. The van der Waals surface area contributed by atoms with E-state index in [1.54, 1.807) is 48.8 Å². The zero-order valence-corrected chi connectivity index (χ0v) is 28.7. The first-order valence-electron chi connectivity index (χ1n) is 15.4. The molecule has 3 aromatic carbocycles. The van der Waals surface area contributed by atoms with E-state index in [2.05, 4.69) is 4.98 Å². The second-order valence-electron chi connectivity index (χ2n) is 11.4. The van der Waals surface area contributed by atoms with E-state index in [1.165, 1.54) is 44.2 Å². The molecule has 1 aliphatic rings. The molecule has 5 rings (SSSR count). The molecule has 0 saturated carbocycles. The van der Waals surface area contributed by atoms with Crippen molar-refractivity contribution in [2.24, 2.45) is 11.8 Å². The fourth-order valence-electron chi connectivity index (χ4n) is 5.87. The molecular weight excluding hydrogens is 716 g/mol. The summed E-state index contributed by atoms with van der Waals surface area (Å²) in [6.07, 6.45) is -1.77. The smallest absolute Gasteiger partial charge is 0.490 e. The number of aliphatic carboxylic acids is 2. The number of halogens is 4. The third kappa shape index (κ3) is 8.18. The van der Waals surface area contributed by atoms with E-state index in [4.69, 9.17) is 25.2 Å². The highest BCUT2D eigenvalue weighted by atomic mass is 32.2. The number of carboxylic acid groups (broad SMARTS) is 2. The number of likely N-dealkylation sites (tertiary alicyclic amines) is 1. The van der Waals surface area contributed by atoms with E-state index in [-0.39, 0.29) is 46.2 Å². The van der Waals surface area contributed by atoms with E-state index < -0.39 is 57.7 Å². The van der Waals surface area contributed by atoms with Crippen molar-refractivity contribution in [2.75, 3.05) is 31.5 Å². The van der Waals surface area contributed by atoms with Gasteiger partial charge in [-0.3, -0.25) is 19.6 Å². The number of anilines is 1. The second kappa shape index (κ2) is 15.8. The van der Waals surface area contributed by atoms with Crippen LogP contribution in [0.15, 0.2) is 78.0 Å². The average Bonchev–Trinajstić information content (AvgIpc) is 3.57. The van der Waals surface area contributed by atoms with Crippen molar-refractivity contribution in [2.45, 2.75) is 36.5 Å². The van der Waals surface area contributed by atoms with Crippen LogP contribution in [0.1, 0.15) is 36.6 Å². The lowest BCUT2D eigenvalue weighted by Gasteiger charge is -2.36. The van der Waals surface area contributed by atoms with Gasteiger partial charge in [-0.05, 0) is 47.7 Å². The Bertz CT molecular complexity index is 2080. The lowest BCUT2D eigenvalue weighted by molar-refractivity contribution is -0.192. The number of nitrogens with zero attached hydrogens (tertiary/aromatic N) is 3. The van der Waals surface area contributed by atoms with Gasteiger partial charge in [0, 0.05) is 36.0 Å². The quantitative estimate of drug-likeness (QED) is 0.113. The normalized spacial score (nSPS) is 16.4. The summed E-state index contributed by atoms with van der Waals surface area (Å²) < 4.78 is 84.5. The van der Waals surface area contributed by atoms with Crippen molar-refractivity contribution >= 4 is 44.1 Å². The molecule has 52 heavy (non-hydrogen) atoms. The van der Waals surface area contributed by atoms with Gasteiger partial charge in [0.05, 0.1) is 42.5 Å². The van der Waals surface area contributed by atoms with Crippen LogP contribution in [-0.2, 0) is 24.2 Å². The van der Waals surface area contributed by atoms with Gasteiger partial charge in [-0.1, -0.05) is 31.2 Å². The van der Waals surface area contributed by atoms with Crippen LogP contribution in [0.5, 0.6) is 11.5 Å². The van der Waals surface area contributed by atoms with Crippen LogP contribution < -0.4 is 20.3 Å². The van der Waals surface area contributed by atoms with Gasteiger partial charge >= 0.3 is 18.1 Å². The van der Waals surface area contributed by atoms with Crippen LogP contribution in [0.2, 0.25) is 0 Å². The number of benzene rings is 3. The number of alkyl halides is 3. The molecule has 0 radical (unpaired) electrons. The number of nitrogens with two attached hydrogens (primary N) is 1. The van der Waals surface area contributed by atoms with E-state index in [0.29, 0.717) is 5.69 Å². The van der Waals surface area contributed by atoms with Crippen molar-refractivity contribution in [3.05, 3.63) is 90.0 Å². The Hall–Kier alpha value is -5.49. The number of aromatic nitrogens is 1. The molecule has 0 bridgehead atoms. The number of hydrogen-bond donors (Lipinski definition) is 3. The first-order chi connectivity index (χ1) is 24.5. The molecule has 4 N–H and O–H groups in total. The summed E-state index contributed by atoms with van der Waals surface area (Å²) in [7, 11) is -1.09. The maximum atomic E-state index is 15.9. The number of rotatable bonds is 10. The molecule has 2 heterocycles. The lowest BCUT2D eigenvalue weighted by Crippen LogP contribution is -2.47. The summed E-state index contributed by atoms with van der Waals surface area (Å²) in [5.74, 6) is 0.0729. The number of carbonyl (C=O) groups excluding carboxylic acids is 1. The number of ether oxygens (including phenoxy) is 2. The van der Waals surface area contributed by atoms with Crippen LogP contribution >= 0.6 is 0 Å². The largest absolute Gasteiger partial charge is 0.493 e. The summed E-state index contributed by atoms with van der Waals surface area (Å²) in [5, 5.41) is 20.0. The van der Waals surface area contributed by atoms with Gasteiger partial charge in [-0.25, -0.2) is 23.4 Å². The van der Waals surface area contributed by atoms with Crippen LogP contribution in [0.4, 0.5) is 23.2 Å². The Morgan fingerprint density at radius 1 is 1.02 bits per heavy atom. The number of carboxylic acids is 2. The summed E-state index contributed by atoms with van der Waals surface area (Å²) in [4.78, 5) is 41.5. The number of hydrazine groups is 1. The number of hydrogen-bond acceptors (Lipinski definition) is 10. The van der Waals surface area contributed by atoms with Crippen molar-refractivity contribution in [3.8, 4) is 11.5 Å². The maximum Gasteiger partial charge on any atom is 0.490 e. The Balaban J connectivity index is 0.000000785. The van der Waals surface area contributed by atoms with Gasteiger partial charge in [0.2, 0.25) is 0 Å². The van der Waals surface area contributed by atoms with E-state index in [9.17, 15) is 36.3 Å². The number of sulfone groups is 1. The lowest BCUT2D eigenvalue weighted by atomic mass is 9.93. The number of fused-ring (bicyclic) bond motifs is 1. The standard InChI is InChI=1S/C32H33FN4O7S.C2HF3O2/c1-4-45(41,42)28-8-6-5-7-22(28)29-23(32(39)40)12-14-36(29)31(38)30(24-16-26(43-2)27(44-3)17-25(24)33)37(34)21-10-9-20-18-35-13-11-19(20)15-21;3-2(4,5)1(6)7/h5-11,13,15-18,23,29-30H,4,12,14,34H2,1-3H3,(H,39,40);(H,6,7)/t23?,29?,30-;/m1./s1. The third-order valence-corrected chi connectivity index (χ3v) is 10.2. The topological polar surface area (TPSA) is 190 Å². The second-order valence-corrected chi connectivity index (χ2v) is 13.6. The number of pyridine rings is 1. The Morgan fingerprint density at radius 2 is 1.65 bits per heavy atom. The van der Waals surface area contributed by atoms with Crippen LogP contribution in [0.3, 0.4) is 0 Å². The average molecular weight is 751 g/mol. The summed E-state index contributed by atoms with van der Waals surface area (Å²) in [6.45, 7) is 1.45. The highest BCUT2D eigenvalue weighted by molar-refractivity contribution is 7.91. The Kier molecular flexibility index (Phi) is 12.0. The molecular formula is C34H34F4N4O9S. The van der Waals surface area contributed by atoms with Crippen molar-refractivity contribution in [1.29, 1.82) is 0 Å². The van der Waals surface area contributed by atoms with Crippen LogP contribution in [0.25, 0.3) is 10.8 Å². The summed E-state index contributed by atoms with van der Waals surface area (Å²) >= 11 is 0. The van der Waals surface area contributed by atoms with E-state index >= 15 is 4.39 Å². The molecule has 0 spiro atoms. The molecule has 0 aliphatic carbocycles. The minimum absolute atomic E-state index is 0.0381. The highest BCUT2D eigenvalue weighted by Gasteiger charge is 2.47. The predicted molar refractivity (Wildman–Crippen MR) is 179 cm³/mol. The van der Waals surface area contributed by atoms with Crippen LogP contribution in [0, 0.1) is 11.7 Å². The Labute approximate surface area is 295 Å². The first kappa shape index (κ1) is 39.3. The van der Waals surface area contributed by atoms with Gasteiger partial charge < -0.3 is 24.6 Å². The zero-order chi connectivity index (χ0) is 38.5. The number of carbonyl (C=O) groups is 3. The van der Waals surface area contributed by atoms with Gasteiger partial charge in [0.1, 0.15) is 5.82 Å². The fraction of sp³-hybridized carbons (Fsp3) is 0.294. The minimum atomic E-state index is -5.08. The summed E-state index contributed by atoms with van der Waals surface area (Å²) in [6, 6.07) is 12.7. The van der Waals surface area contributed by atoms with Crippen molar-refractivity contribution < 1.29 is 60.0 Å². The zero-order valence-electron chi connectivity index (χ0n) is 27.9. The van der Waals surface area contributed by atoms with E-state index in [1.807, 2.05) is 0 Å². The molecule has 1 amide bonds. The number of methoxy groups -OCH3 is 2. The first-order valence-corrected chi connectivity index (χ1v) is 17.1. The van der Waals surface area contributed by atoms with Crippen molar-refractivity contribution in [1.82, 2.24) is 9.88 Å². The maximum absolute atomic E-state index is 15.9. The molecule has 2 unspecified atom stereocenters. The molecule has 18 heteroatoms. The van der Waals surface area contributed by atoms with Gasteiger partial charge in [0.25, 0.3) is 5.91 Å². The van der Waals surface area contributed by atoms with Gasteiger partial charge in [0.15, 0.2) is 27.4 Å². The number of amides is 1. The molecule has 1 fully saturated rings. The summed E-state index contributed by atoms with van der Waals surface area (Å²) in [5.41, 5.74) is 0.383. The van der Waals surface area contributed by atoms with Crippen molar-refractivity contribution in [3.63, 3.8) is 0 Å². The molecule has 4 aromatic rings. The third-order valence-electron chi connectivity index (χ3n) is 8.43. The fourth-order valence-corrected chi connectivity index (χ4v) is 7.01. The predicted octanol–water partition coefficient (Wildman–Crippen LogP) is 4.91. The van der Waals surface area contributed by atoms with E-state index in [0.717, 1.165) is 21.8 Å². The molecule has 1 aliphatic heterocycles. The van der Waals surface area contributed by atoms with Gasteiger partial charge in [-0.2, -0.15) is 13.2 Å². The molecule has 3 atom stereocenters. The molecule has 13 nitrogen and oxygen atoms in total. The molecule has 1 aromatic heterocycles.